The minimum Gasteiger partial charge on any atom is -0.489 e. The van der Waals surface area contributed by atoms with Crippen LogP contribution in [0.2, 0.25) is 5.02 Å². The minimum atomic E-state index is -1.16. The minimum absolute atomic E-state index is 0.308. The van der Waals surface area contributed by atoms with Crippen LogP contribution in [0.1, 0.15) is 17.7 Å². The van der Waals surface area contributed by atoms with E-state index in [0.717, 1.165) is 17.5 Å². The van der Waals surface area contributed by atoms with Crippen molar-refractivity contribution in [3.05, 3.63) is 64.8 Å². The summed E-state index contributed by atoms with van der Waals surface area (Å²) in [5, 5.41) is 4.52. The summed E-state index contributed by atoms with van der Waals surface area (Å²) in [6.07, 6.45) is 0.808. The molecule has 5 nitrogen and oxygen atoms in total. The molecule has 7 heteroatoms. The fourth-order valence-electron chi connectivity index (χ4n) is 2.89. The Labute approximate surface area is 164 Å². The number of hydrogen-bond acceptors (Lipinski definition) is 5. The third-order valence-corrected chi connectivity index (χ3v) is 5.67. The molecule has 0 N–H and O–H groups in total. The first kappa shape index (κ1) is 18.1. The normalized spacial score (nSPS) is 14.6. The Balaban J connectivity index is 1.45. The molecule has 1 aliphatic rings. The summed E-state index contributed by atoms with van der Waals surface area (Å²) >= 11 is 6.30. The SMILES string of the molecule is O=[S@](Cc1cc(Cl)c2c(c1)OCCCO2)Cc1cc(-c2ccccc2)on1. The number of rotatable bonds is 5. The molecule has 0 saturated carbocycles. The first-order chi connectivity index (χ1) is 13.2. The molecule has 0 amide bonds. The van der Waals surface area contributed by atoms with Crippen LogP contribution in [0, 0.1) is 0 Å². The zero-order valence-corrected chi connectivity index (χ0v) is 16.1. The molecule has 140 valence electrons. The monoisotopic (exact) mass is 403 g/mol. The fraction of sp³-hybridized carbons (Fsp3) is 0.250. The largest absolute Gasteiger partial charge is 0.489 e. The van der Waals surface area contributed by atoms with E-state index in [9.17, 15) is 4.21 Å². The summed E-state index contributed by atoms with van der Waals surface area (Å²) in [6.45, 7) is 1.16. The maximum atomic E-state index is 12.6. The van der Waals surface area contributed by atoms with Gasteiger partial charge in [0.25, 0.3) is 0 Å². The number of nitrogens with zero attached hydrogens (tertiary/aromatic N) is 1. The van der Waals surface area contributed by atoms with Crippen LogP contribution in [0.3, 0.4) is 0 Å². The number of halogens is 1. The Hall–Kier alpha value is -2.31. The van der Waals surface area contributed by atoms with Crippen LogP contribution < -0.4 is 9.47 Å². The number of fused-ring (bicyclic) bond motifs is 1. The van der Waals surface area contributed by atoms with Crippen molar-refractivity contribution in [3.63, 3.8) is 0 Å². The van der Waals surface area contributed by atoms with Crippen molar-refractivity contribution in [1.29, 1.82) is 0 Å². The number of hydrogen-bond donors (Lipinski definition) is 0. The molecule has 1 aliphatic heterocycles. The lowest BCUT2D eigenvalue weighted by Gasteiger charge is -2.11. The van der Waals surface area contributed by atoms with Gasteiger partial charge in [-0.3, -0.25) is 4.21 Å². The van der Waals surface area contributed by atoms with Crippen molar-refractivity contribution in [3.8, 4) is 22.8 Å². The molecule has 1 aromatic heterocycles. The number of aromatic nitrogens is 1. The molecule has 1 atom stereocenters. The summed E-state index contributed by atoms with van der Waals surface area (Å²) in [6, 6.07) is 15.2. The third kappa shape index (κ3) is 4.34. The van der Waals surface area contributed by atoms with Crippen LogP contribution in [-0.2, 0) is 22.3 Å². The van der Waals surface area contributed by atoms with Crippen molar-refractivity contribution >= 4 is 22.4 Å². The molecular formula is C20H18ClNO4S. The predicted molar refractivity (Wildman–Crippen MR) is 105 cm³/mol. The highest BCUT2D eigenvalue weighted by Crippen LogP contribution is 2.38. The van der Waals surface area contributed by atoms with E-state index in [0.29, 0.717) is 52.7 Å². The van der Waals surface area contributed by atoms with E-state index < -0.39 is 10.8 Å². The molecule has 0 saturated heterocycles. The van der Waals surface area contributed by atoms with E-state index in [-0.39, 0.29) is 0 Å². The fourth-order valence-corrected chi connectivity index (χ4v) is 4.28. The van der Waals surface area contributed by atoms with E-state index >= 15 is 0 Å². The van der Waals surface area contributed by atoms with Gasteiger partial charge < -0.3 is 14.0 Å². The van der Waals surface area contributed by atoms with Crippen LogP contribution in [-0.4, -0.2) is 22.6 Å². The summed E-state index contributed by atoms with van der Waals surface area (Å²) in [5.74, 6) is 2.50. The molecule has 4 rings (SSSR count). The van der Waals surface area contributed by atoms with Crippen molar-refractivity contribution in [1.82, 2.24) is 5.16 Å². The zero-order chi connectivity index (χ0) is 18.6. The molecule has 2 heterocycles. The summed E-state index contributed by atoms with van der Waals surface area (Å²) < 4.78 is 29.3. The second kappa shape index (κ2) is 8.15. The maximum absolute atomic E-state index is 12.6. The molecule has 0 fully saturated rings. The zero-order valence-electron chi connectivity index (χ0n) is 14.5. The van der Waals surface area contributed by atoms with Crippen LogP contribution >= 0.6 is 11.6 Å². The van der Waals surface area contributed by atoms with Gasteiger partial charge in [-0.15, -0.1) is 0 Å². The molecule has 0 aliphatic carbocycles. The number of ether oxygens (including phenoxy) is 2. The second-order valence-electron chi connectivity index (χ2n) is 6.23. The average Bonchev–Trinajstić information content (AvgIpc) is 2.98. The molecule has 0 radical (unpaired) electrons. The number of benzene rings is 2. The Morgan fingerprint density at radius 1 is 1.04 bits per heavy atom. The molecule has 2 aromatic carbocycles. The van der Waals surface area contributed by atoms with E-state index in [1.54, 1.807) is 6.07 Å². The Bertz CT molecular complexity index is 958. The lowest BCUT2D eigenvalue weighted by atomic mass is 10.2. The molecule has 0 spiro atoms. The van der Waals surface area contributed by atoms with Crippen molar-refractivity contribution in [2.24, 2.45) is 0 Å². The van der Waals surface area contributed by atoms with Gasteiger partial charge in [0.15, 0.2) is 17.3 Å². The quantitative estimate of drug-likeness (QED) is 0.622. The Kier molecular flexibility index (Phi) is 5.45. The highest BCUT2D eigenvalue weighted by atomic mass is 35.5. The average molecular weight is 404 g/mol. The van der Waals surface area contributed by atoms with Gasteiger partial charge in [-0.2, -0.15) is 0 Å². The van der Waals surface area contributed by atoms with Gasteiger partial charge in [0.2, 0.25) is 0 Å². The van der Waals surface area contributed by atoms with E-state index in [4.69, 9.17) is 25.6 Å². The van der Waals surface area contributed by atoms with Crippen molar-refractivity contribution < 1.29 is 18.2 Å². The standard InChI is InChI=1S/C20H18ClNO4S/c21-17-9-14(10-19-20(17)25-8-4-7-24-19)12-27(23)13-16-11-18(26-22-16)15-5-2-1-3-6-15/h1-3,5-6,9-11H,4,7-8,12-13H2/t27-/m1/s1. The molecular weight excluding hydrogens is 386 g/mol. The summed E-state index contributed by atoms with van der Waals surface area (Å²) in [4.78, 5) is 0. The van der Waals surface area contributed by atoms with Gasteiger partial charge in [0, 0.05) is 34.6 Å². The van der Waals surface area contributed by atoms with Crippen molar-refractivity contribution in [2.45, 2.75) is 17.9 Å². The molecule has 27 heavy (non-hydrogen) atoms. The molecule has 0 unspecified atom stereocenters. The van der Waals surface area contributed by atoms with Crippen molar-refractivity contribution in [2.75, 3.05) is 13.2 Å². The Morgan fingerprint density at radius 2 is 1.85 bits per heavy atom. The van der Waals surface area contributed by atoms with Gasteiger partial charge in [-0.05, 0) is 17.7 Å². The topological polar surface area (TPSA) is 61.6 Å². The van der Waals surface area contributed by atoms with Gasteiger partial charge in [0.1, 0.15) is 0 Å². The van der Waals surface area contributed by atoms with Gasteiger partial charge in [-0.1, -0.05) is 47.1 Å². The first-order valence-electron chi connectivity index (χ1n) is 8.63. The second-order valence-corrected chi connectivity index (χ2v) is 8.10. The van der Waals surface area contributed by atoms with E-state index in [2.05, 4.69) is 5.16 Å². The predicted octanol–water partition coefficient (Wildman–Crippen LogP) is 4.61. The molecule has 0 bridgehead atoms. The summed E-state index contributed by atoms with van der Waals surface area (Å²) in [5.41, 5.74) is 2.44. The van der Waals surface area contributed by atoms with Gasteiger partial charge in [-0.25, -0.2) is 0 Å². The lowest BCUT2D eigenvalue weighted by molar-refractivity contribution is 0.297. The van der Waals surface area contributed by atoms with Crippen LogP contribution in [0.25, 0.3) is 11.3 Å². The van der Waals surface area contributed by atoms with Gasteiger partial charge >= 0.3 is 0 Å². The van der Waals surface area contributed by atoms with Crippen LogP contribution in [0.4, 0.5) is 0 Å². The Morgan fingerprint density at radius 3 is 2.70 bits per heavy atom. The van der Waals surface area contributed by atoms with Gasteiger partial charge in [0.05, 0.1) is 29.7 Å². The maximum Gasteiger partial charge on any atom is 0.179 e. The van der Waals surface area contributed by atoms with Crippen LogP contribution in [0.5, 0.6) is 11.5 Å². The first-order valence-corrected chi connectivity index (χ1v) is 10.5. The van der Waals surface area contributed by atoms with E-state index in [1.165, 1.54) is 0 Å². The smallest absolute Gasteiger partial charge is 0.179 e. The molecule has 3 aromatic rings. The van der Waals surface area contributed by atoms with E-state index in [1.807, 2.05) is 42.5 Å². The lowest BCUT2D eigenvalue weighted by Crippen LogP contribution is -2.01. The third-order valence-electron chi connectivity index (χ3n) is 4.12. The highest BCUT2D eigenvalue weighted by molar-refractivity contribution is 7.83. The van der Waals surface area contributed by atoms with Crippen LogP contribution in [0.15, 0.2) is 53.1 Å². The highest BCUT2D eigenvalue weighted by Gasteiger charge is 2.17. The summed E-state index contributed by atoms with van der Waals surface area (Å²) in [7, 11) is -1.16.